The zero-order valence-corrected chi connectivity index (χ0v) is 29.1. The Balaban J connectivity index is 1.30. The third kappa shape index (κ3) is 4.30. The molecule has 246 valence electrons. The molecule has 0 heterocycles. The molecule has 0 amide bonds. The molecule has 0 radical (unpaired) electrons. The summed E-state index contributed by atoms with van der Waals surface area (Å²) in [6.45, 7) is 0. The average Bonchev–Trinajstić information content (AvgIpc) is 3.53. The molecule has 1 aliphatic carbocycles. The summed E-state index contributed by atoms with van der Waals surface area (Å²) in [5.41, 5.74) is 12.4. The van der Waals surface area contributed by atoms with E-state index in [2.05, 4.69) is 206 Å². The van der Waals surface area contributed by atoms with Crippen LogP contribution in [0.1, 0.15) is 22.3 Å². The van der Waals surface area contributed by atoms with Gasteiger partial charge in [-0.05, 0) is 117 Å². The maximum atomic E-state index is 2.52. The van der Waals surface area contributed by atoms with Gasteiger partial charge >= 0.3 is 0 Å². The highest BCUT2D eigenvalue weighted by molar-refractivity contribution is 6.21. The fraction of sp³-hybridized carbons (Fsp3) is 0.0189. The third-order valence-electron chi connectivity index (χ3n) is 11.7. The first-order valence-electron chi connectivity index (χ1n) is 18.5. The zero-order valence-electron chi connectivity index (χ0n) is 29.1. The van der Waals surface area contributed by atoms with E-state index >= 15 is 0 Å². The van der Waals surface area contributed by atoms with Crippen LogP contribution in [-0.2, 0) is 5.41 Å². The topological polar surface area (TPSA) is 0 Å². The van der Waals surface area contributed by atoms with Gasteiger partial charge in [-0.25, -0.2) is 0 Å². The van der Waals surface area contributed by atoms with Gasteiger partial charge in [-0.15, -0.1) is 0 Å². The molecule has 0 aliphatic heterocycles. The average molecular weight is 671 g/mol. The van der Waals surface area contributed by atoms with Gasteiger partial charge in [-0.3, -0.25) is 0 Å². The Bertz CT molecular complexity index is 2990. The van der Waals surface area contributed by atoms with Crippen molar-refractivity contribution in [3.63, 3.8) is 0 Å². The first-order chi connectivity index (χ1) is 26.3. The second-order valence-electron chi connectivity index (χ2n) is 14.4. The molecule has 0 bridgehead atoms. The second-order valence-corrected chi connectivity index (χ2v) is 14.4. The summed E-state index contributed by atoms with van der Waals surface area (Å²) in [6.07, 6.45) is 0. The highest BCUT2D eigenvalue weighted by atomic mass is 14.5. The summed E-state index contributed by atoms with van der Waals surface area (Å²) in [4.78, 5) is 0. The molecule has 0 atom stereocenters. The highest BCUT2D eigenvalue weighted by Gasteiger charge is 2.47. The number of fused-ring (bicyclic) bond motifs is 8. The summed E-state index contributed by atoms with van der Waals surface area (Å²) in [6, 6.07) is 76.7. The molecule has 10 aromatic carbocycles. The van der Waals surface area contributed by atoms with E-state index in [4.69, 9.17) is 0 Å². The van der Waals surface area contributed by atoms with Crippen molar-refractivity contribution < 1.29 is 0 Å². The van der Waals surface area contributed by atoms with Crippen LogP contribution in [-0.4, -0.2) is 0 Å². The lowest BCUT2D eigenvalue weighted by molar-refractivity contribution is 0.769. The summed E-state index contributed by atoms with van der Waals surface area (Å²) >= 11 is 0. The Morgan fingerprint density at radius 2 is 0.849 bits per heavy atom. The molecular weight excluding hydrogens is 637 g/mol. The van der Waals surface area contributed by atoms with Gasteiger partial charge in [0.25, 0.3) is 0 Å². The van der Waals surface area contributed by atoms with Crippen LogP contribution in [0.4, 0.5) is 0 Å². The maximum absolute atomic E-state index is 2.52. The molecule has 0 saturated heterocycles. The zero-order chi connectivity index (χ0) is 34.9. The van der Waals surface area contributed by atoms with Crippen LogP contribution in [0.25, 0.3) is 76.5 Å². The van der Waals surface area contributed by atoms with Gasteiger partial charge < -0.3 is 0 Å². The molecule has 0 fully saturated rings. The van der Waals surface area contributed by atoms with E-state index in [1.54, 1.807) is 0 Å². The van der Waals surface area contributed by atoms with Crippen LogP contribution >= 0.6 is 0 Å². The van der Waals surface area contributed by atoms with Crippen molar-refractivity contribution in [2.45, 2.75) is 5.41 Å². The first kappa shape index (κ1) is 29.9. The molecule has 0 unspecified atom stereocenters. The van der Waals surface area contributed by atoms with E-state index in [1.807, 2.05) is 0 Å². The van der Waals surface area contributed by atoms with E-state index in [0.29, 0.717) is 0 Å². The molecular formula is C53H34. The number of rotatable bonds is 4. The van der Waals surface area contributed by atoms with E-state index in [9.17, 15) is 0 Å². The molecule has 0 spiro atoms. The summed E-state index contributed by atoms with van der Waals surface area (Å²) in [5, 5.41) is 10.2. The molecule has 53 heavy (non-hydrogen) atoms. The van der Waals surface area contributed by atoms with Gasteiger partial charge in [0, 0.05) is 0 Å². The first-order valence-corrected chi connectivity index (χ1v) is 18.5. The predicted molar refractivity (Wildman–Crippen MR) is 225 cm³/mol. The molecule has 0 N–H and O–H groups in total. The SMILES string of the molecule is c1ccc(-c2c3c(cc4cc(-c5c6ccccc6cc6c5ccc5ccccc56)ccc24)C(c2ccccc2)(c2ccccc2)c2ccccc2-3)cc1. The fourth-order valence-electron chi connectivity index (χ4n) is 9.51. The van der Waals surface area contributed by atoms with Gasteiger partial charge in [0.2, 0.25) is 0 Å². The quantitative estimate of drug-likeness (QED) is 0.129. The molecule has 10 aromatic rings. The predicted octanol–water partition coefficient (Wildman–Crippen LogP) is 14.0. The lowest BCUT2D eigenvalue weighted by atomic mass is 9.67. The third-order valence-corrected chi connectivity index (χ3v) is 11.7. The van der Waals surface area contributed by atoms with Crippen molar-refractivity contribution in [2.24, 2.45) is 0 Å². The van der Waals surface area contributed by atoms with Gasteiger partial charge in [-0.2, -0.15) is 0 Å². The lowest BCUT2D eigenvalue weighted by Crippen LogP contribution is -2.28. The molecule has 0 heteroatoms. The monoisotopic (exact) mass is 670 g/mol. The smallest absolute Gasteiger partial charge is 0.0622 e. The van der Waals surface area contributed by atoms with Crippen molar-refractivity contribution in [1.82, 2.24) is 0 Å². The normalized spacial score (nSPS) is 13.1. The highest BCUT2D eigenvalue weighted by Crippen LogP contribution is 2.60. The standard InChI is InChI=1S/C53H34/c1-4-17-36(18-5-1)51-44-30-29-38(50-43-25-13-11-19-37(43)33-47-42-24-12-10-16-35(42)28-31-45(47)50)32-39(44)34-49-52(51)46-26-14-15-27-48(46)53(49,40-20-6-2-7-21-40)41-22-8-3-9-23-41/h1-34H. The van der Waals surface area contributed by atoms with Crippen molar-refractivity contribution in [1.29, 1.82) is 0 Å². The second kappa shape index (κ2) is 11.6. The largest absolute Gasteiger partial charge is 0.0714 e. The van der Waals surface area contributed by atoms with Gasteiger partial charge in [0.05, 0.1) is 5.41 Å². The van der Waals surface area contributed by atoms with Crippen LogP contribution < -0.4 is 0 Å². The number of hydrogen-bond acceptors (Lipinski definition) is 0. The van der Waals surface area contributed by atoms with E-state index in [-0.39, 0.29) is 0 Å². The minimum atomic E-state index is -0.493. The lowest BCUT2D eigenvalue weighted by Gasteiger charge is -2.34. The molecule has 1 aliphatic rings. The fourth-order valence-corrected chi connectivity index (χ4v) is 9.51. The van der Waals surface area contributed by atoms with Gasteiger partial charge in [0.15, 0.2) is 0 Å². The molecule has 11 rings (SSSR count). The van der Waals surface area contributed by atoms with E-state index in [0.717, 1.165) is 0 Å². The van der Waals surface area contributed by atoms with Gasteiger partial charge in [-0.1, -0.05) is 188 Å². The van der Waals surface area contributed by atoms with Crippen molar-refractivity contribution in [2.75, 3.05) is 0 Å². The number of hydrogen-bond donors (Lipinski definition) is 0. The minimum absolute atomic E-state index is 0.493. The Hall–Kier alpha value is -6.76. The maximum Gasteiger partial charge on any atom is 0.0714 e. The minimum Gasteiger partial charge on any atom is -0.0622 e. The van der Waals surface area contributed by atoms with Crippen molar-refractivity contribution >= 4 is 43.1 Å². The molecule has 0 nitrogen and oxygen atoms in total. The van der Waals surface area contributed by atoms with Gasteiger partial charge in [0.1, 0.15) is 0 Å². The van der Waals surface area contributed by atoms with E-state index in [1.165, 1.54) is 98.7 Å². The van der Waals surface area contributed by atoms with Crippen LogP contribution in [0, 0.1) is 0 Å². The van der Waals surface area contributed by atoms with E-state index < -0.39 is 5.41 Å². The Morgan fingerprint density at radius 3 is 1.60 bits per heavy atom. The summed E-state index contributed by atoms with van der Waals surface area (Å²) in [7, 11) is 0. The summed E-state index contributed by atoms with van der Waals surface area (Å²) in [5.74, 6) is 0. The number of benzene rings is 10. The molecule has 0 aromatic heterocycles. The van der Waals surface area contributed by atoms with Crippen LogP contribution in [0.3, 0.4) is 0 Å². The van der Waals surface area contributed by atoms with Crippen LogP contribution in [0.15, 0.2) is 206 Å². The van der Waals surface area contributed by atoms with Crippen LogP contribution in [0.2, 0.25) is 0 Å². The van der Waals surface area contributed by atoms with Crippen molar-refractivity contribution in [3.05, 3.63) is 229 Å². The Morgan fingerprint density at radius 1 is 0.264 bits per heavy atom. The summed E-state index contributed by atoms with van der Waals surface area (Å²) < 4.78 is 0. The van der Waals surface area contributed by atoms with Crippen molar-refractivity contribution in [3.8, 4) is 33.4 Å². The molecule has 0 saturated carbocycles. The van der Waals surface area contributed by atoms with Crippen LogP contribution in [0.5, 0.6) is 0 Å². The Labute approximate surface area is 309 Å². The Kier molecular flexibility index (Phi) is 6.57.